The number of thiazole rings is 1. The van der Waals surface area contributed by atoms with Gasteiger partial charge in [0.15, 0.2) is 0 Å². The van der Waals surface area contributed by atoms with Gasteiger partial charge in [-0.3, -0.25) is 0 Å². The molecule has 0 atom stereocenters. The first-order valence-corrected chi connectivity index (χ1v) is 6.30. The number of hydrogen-bond acceptors (Lipinski definition) is 4. The molecule has 0 spiro atoms. The lowest BCUT2D eigenvalue weighted by atomic mass is 10.2. The van der Waals surface area contributed by atoms with Gasteiger partial charge in [0.1, 0.15) is 10.9 Å². The van der Waals surface area contributed by atoms with Crippen LogP contribution in [0.5, 0.6) is 10.9 Å². The first-order valence-electron chi connectivity index (χ1n) is 5.10. The van der Waals surface area contributed by atoms with Gasteiger partial charge in [-0.2, -0.15) is 18.2 Å². The van der Waals surface area contributed by atoms with E-state index in [0.29, 0.717) is 4.88 Å². The van der Waals surface area contributed by atoms with E-state index in [0.717, 1.165) is 23.5 Å². The van der Waals surface area contributed by atoms with E-state index in [9.17, 15) is 13.2 Å². The molecule has 0 aliphatic rings. The molecule has 0 aliphatic carbocycles. The quantitative estimate of drug-likeness (QED) is 0.930. The fourth-order valence-corrected chi connectivity index (χ4v) is 2.34. The Hall–Kier alpha value is -1.31. The number of hydrogen-bond donors (Lipinski definition) is 1. The lowest BCUT2D eigenvalue weighted by Gasteiger charge is -2.08. The van der Waals surface area contributed by atoms with Crippen LogP contribution < -0.4 is 10.5 Å². The summed E-state index contributed by atoms with van der Waals surface area (Å²) < 4.78 is 42.8. The average Bonchev–Trinajstić information content (AvgIpc) is 2.68. The molecule has 0 aliphatic heterocycles. The molecular formula is C11H8ClF3N2OS. The van der Waals surface area contributed by atoms with Crippen LogP contribution in [0.3, 0.4) is 0 Å². The molecule has 8 heteroatoms. The van der Waals surface area contributed by atoms with Crippen LogP contribution in [0.4, 0.5) is 13.2 Å². The van der Waals surface area contributed by atoms with Gasteiger partial charge in [-0.05, 0) is 18.2 Å². The second-order valence-corrected chi connectivity index (χ2v) is 4.93. The Morgan fingerprint density at radius 3 is 2.68 bits per heavy atom. The summed E-state index contributed by atoms with van der Waals surface area (Å²) in [6.45, 7) is 0.197. The summed E-state index contributed by atoms with van der Waals surface area (Å²) in [5.74, 6) is 0.0452. The van der Waals surface area contributed by atoms with Crippen molar-refractivity contribution in [2.45, 2.75) is 12.7 Å². The Kier molecular flexibility index (Phi) is 3.98. The zero-order valence-corrected chi connectivity index (χ0v) is 10.9. The standard InChI is InChI=1S/C11H8ClF3N2OS/c12-9-8(5-16)19-10(17-9)18-7-3-1-2-6(4-7)11(13,14)15/h1-4H,5,16H2. The van der Waals surface area contributed by atoms with Crippen LogP contribution in [0.2, 0.25) is 5.15 Å². The molecule has 3 nitrogen and oxygen atoms in total. The van der Waals surface area contributed by atoms with E-state index in [-0.39, 0.29) is 22.6 Å². The molecule has 102 valence electrons. The van der Waals surface area contributed by atoms with Crippen LogP contribution in [0.25, 0.3) is 0 Å². The van der Waals surface area contributed by atoms with Crippen molar-refractivity contribution >= 4 is 22.9 Å². The number of benzene rings is 1. The van der Waals surface area contributed by atoms with Crippen LogP contribution in [0, 0.1) is 0 Å². The number of nitrogens with zero attached hydrogens (tertiary/aromatic N) is 1. The summed E-state index contributed by atoms with van der Waals surface area (Å²) in [4.78, 5) is 4.48. The molecule has 0 unspecified atom stereocenters. The highest BCUT2D eigenvalue weighted by atomic mass is 35.5. The number of rotatable bonds is 3. The molecule has 2 N–H and O–H groups in total. The van der Waals surface area contributed by atoms with E-state index >= 15 is 0 Å². The minimum Gasteiger partial charge on any atom is -0.431 e. The molecular weight excluding hydrogens is 301 g/mol. The smallest absolute Gasteiger partial charge is 0.416 e. The molecule has 0 amide bonds. The molecule has 0 radical (unpaired) electrons. The van der Waals surface area contributed by atoms with Crippen molar-refractivity contribution in [1.29, 1.82) is 0 Å². The van der Waals surface area contributed by atoms with Gasteiger partial charge < -0.3 is 10.5 Å². The topological polar surface area (TPSA) is 48.1 Å². The summed E-state index contributed by atoms with van der Waals surface area (Å²) in [5.41, 5.74) is 4.63. The van der Waals surface area contributed by atoms with Crippen molar-refractivity contribution in [2.75, 3.05) is 0 Å². The summed E-state index contributed by atoms with van der Waals surface area (Å²) >= 11 is 6.87. The predicted octanol–water partition coefficient (Wildman–Crippen LogP) is 4.07. The third kappa shape index (κ3) is 3.37. The van der Waals surface area contributed by atoms with Gasteiger partial charge in [0.2, 0.25) is 0 Å². The highest BCUT2D eigenvalue weighted by Crippen LogP contribution is 2.35. The maximum absolute atomic E-state index is 12.5. The lowest BCUT2D eigenvalue weighted by Crippen LogP contribution is -2.04. The average molecular weight is 309 g/mol. The molecule has 1 heterocycles. The van der Waals surface area contributed by atoms with Crippen LogP contribution in [-0.4, -0.2) is 4.98 Å². The van der Waals surface area contributed by atoms with Crippen molar-refractivity contribution in [3.63, 3.8) is 0 Å². The van der Waals surface area contributed by atoms with Crippen LogP contribution in [-0.2, 0) is 12.7 Å². The summed E-state index contributed by atoms with van der Waals surface area (Å²) in [7, 11) is 0. The molecule has 0 fully saturated rings. The molecule has 2 aromatic rings. The summed E-state index contributed by atoms with van der Waals surface area (Å²) in [5, 5.41) is 0.360. The maximum atomic E-state index is 12.5. The monoisotopic (exact) mass is 308 g/mol. The van der Waals surface area contributed by atoms with Gasteiger partial charge in [-0.25, -0.2) is 0 Å². The third-order valence-corrected chi connectivity index (χ3v) is 3.56. The maximum Gasteiger partial charge on any atom is 0.416 e. The van der Waals surface area contributed by atoms with Crippen LogP contribution >= 0.6 is 22.9 Å². The minimum atomic E-state index is -4.41. The van der Waals surface area contributed by atoms with Crippen molar-refractivity contribution in [3.8, 4) is 10.9 Å². The highest BCUT2D eigenvalue weighted by Gasteiger charge is 2.30. The van der Waals surface area contributed by atoms with Crippen molar-refractivity contribution in [1.82, 2.24) is 4.98 Å². The zero-order chi connectivity index (χ0) is 14.0. The minimum absolute atomic E-state index is 0.0452. The molecule has 0 saturated carbocycles. The van der Waals surface area contributed by atoms with Crippen molar-refractivity contribution in [3.05, 3.63) is 39.9 Å². The molecule has 19 heavy (non-hydrogen) atoms. The molecule has 1 aromatic carbocycles. The normalized spacial score (nSPS) is 11.6. The second-order valence-electron chi connectivity index (χ2n) is 3.53. The van der Waals surface area contributed by atoms with Crippen LogP contribution in [0.1, 0.15) is 10.4 Å². The first kappa shape index (κ1) is 14.1. The van der Waals surface area contributed by atoms with E-state index in [1.165, 1.54) is 12.1 Å². The number of halogens is 4. The number of alkyl halides is 3. The fraction of sp³-hybridized carbons (Fsp3) is 0.182. The van der Waals surface area contributed by atoms with Gasteiger partial charge in [-0.15, -0.1) is 0 Å². The van der Waals surface area contributed by atoms with Crippen molar-refractivity contribution < 1.29 is 17.9 Å². The molecule has 2 rings (SSSR count). The van der Waals surface area contributed by atoms with Gasteiger partial charge >= 0.3 is 6.18 Å². The van der Waals surface area contributed by atoms with E-state index in [2.05, 4.69) is 4.98 Å². The number of ether oxygens (including phenoxy) is 1. The molecule has 0 saturated heterocycles. The summed E-state index contributed by atoms with van der Waals surface area (Å²) in [6.07, 6.45) is -4.41. The molecule has 1 aromatic heterocycles. The largest absolute Gasteiger partial charge is 0.431 e. The Balaban J connectivity index is 2.23. The van der Waals surface area contributed by atoms with E-state index < -0.39 is 11.7 Å². The van der Waals surface area contributed by atoms with E-state index in [1.54, 1.807) is 0 Å². The van der Waals surface area contributed by atoms with Gasteiger partial charge in [0.25, 0.3) is 5.19 Å². The van der Waals surface area contributed by atoms with E-state index in [4.69, 9.17) is 22.1 Å². The Bertz CT molecular complexity index is 586. The SMILES string of the molecule is NCc1sc(Oc2cccc(C(F)(F)F)c2)nc1Cl. The highest BCUT2D eigenvalue weighted by molar-refractivity contribution is 7.14. The number of nitrogens with two attached hydrogens (primary N) is 1. The third-order valence-electron chi connectivity index (χ3n) is 2.18. The van der Waals surface area contributed by atoms with Gasteiger partial charge in [0, 0.05) is 6.54 Å². The first-order chi connectivity index (χ1) is 8.90. The summed E-state index contributed by atoms with van der Waals surface area (Å²) in [6, 6.07) is 4.54. The van der Waals surface area contributed by atoms with Crippen LogP contribution in [0.15, 0.2) is 24.3 Å². The Morgan fingerprint density at radius 2 is 2.11 bits per heavy atom. The fourth-order valence-electron chi connectivity index (χ4n) is 1.32. The molecule has 0 bridgehead atoms. The Morgan fingerprint density at radius 1 is 1.37 bits per heavy atom. The van der Waals surface area contributed by atoms with E-state index in [1.807, 2.05) is 0 Å². The zero-order valence-electron chi connectivity index (χ0n) is 9.37. The van der Waals surface area contributed by atoms with Crippen molar-refractivity contribution in [2.24, 2.45) is 5.73 Å². The van der Waals surface area contributed by atoms with Gasteiger partial charge in [-0.1, -0.05) is 29.0 Å². The van der Waals surface area contributed by atoms with Gasteiger partial charge in [0.05, 0.1) is 10.4 Å². The lowest BCUT2D eigenvalue weighted by molar-refractivity contribution is -0.137. The number of aromatic nitrogens is 1. The predicted molar refractivity (Wildman–Crippen MR) is 66.5 cm³/mol. The second kappa shape index (κ2) is 5.36. The Labute approximate surface area is 115 Å².